The lowest BCUT2D eigenvalue weighted by atomic mass is 9.94. The lowest BCUT2D eigenvalue weighted by molar-refractivity contribution is -0.144. The minimum atomic E-state index is -0.636. The van der Waals surface area contributed by atoms with Crippen LogP contribution in [0.2, 0.25) is 0 Å². The Bertz CT molecular complexity index is 483. The highest BCUT2D eigenvalue weighted by Gasteiger charge is 2.60. The molecule has 1 aromatic carbocycles. The summed E-state index contributed by atoms with van der Waals surface area (Å²) in [7, 11) is 1.62. The maximum Gasteiger partial charge on any atom is 0.338 e. The minimum Gasteiger partial charge on any atom is -0.496 e. The first kappa shape index (κ1) is 13.9. The van der Waals surface area contributed by atoms with Gasteiger partial charge in [-0.1, -0.05) is 13.0 Å². The van der Waals surface area contributed by atoms with Gasteiger partial charge < -0.3 is 14.2 Å². The largest absolute Gasteiger partial charge is 0.496 e. The van der Waals surface area contributed by atoms with E-state index in [0.717, 1.165) is 17.7 Å². The Labute approximate surface area is 113 Å². The van der Waals surface area contributed by atoms with Gasteiger partial charge in [-0.3, -0.25) is 0 Å². The number of methoxy groups -OCH3 is 1. The maximum atomic E-state index is 11.8. The van der Waals surface area contributed by atoms with E-state index in [0.29, 0.717) is 6.61 Å². The van der Waals surface area contributed by atoms with Gasteiger partial charge in [0, 0.05) is 5.56 Å². The van der Waals surface area contributed by atoms with Gasteiger partial charge in [-0.15, -0.1) is 0 Å². The van der Waals surface area contributed by atoms with Crippen molar-refractivity contribution < 1.29 is 19.0 Å². The first-order valence-electron chi connectivity index (χ1n) is 6.58. The summed E-state index contributed by atoms with van der Waals surface area (Å²) in [4.78, 5) is 11.8. The molecule has 0 amide bonds. The molecule has 0 N–H and O–H groups in total. The molecule has 4 nitrogen and oxygen atoms in total. The molecule has 0 bridgehead atoms. The van der Waals surface area contributed by atoms with Crippen LogP contribution in [-0.2, 0) is 26.3 Å². The summed E-state index contributed by atoms with van der Waals surface area (Å²) in [5.41, 5.74) is 1.46. The van der Waals surface area contributed by atoms with E-state index >= 15 is 0 Å². The Kier molecular flexibility index (Phi) is 3.80. The van der Waals surface area contributed by atoms with Gasteiger partial charge in [0.1, 0.15) is 11.4 Å². The number of carbonyl (C=O) groups excluding carboxylic acids is 1. The number of epoxide rings is 1. The van der Waals surface area contributed by atoms with E-state index < -0.39 is 11.7 Å². The number of ether oxygens (including phenoxy) is 3. The van der Waals surface area contributed by atoms with Gasteiger partial charge in [0.25, 0.3) is 0 Å². The van der Waals surface area contributed by atoms with Crippen molar-refractivity contribution >= 4 is 5.97 Å². The predicted octanol–water partition coefficient (Wildman–Crippen LogP) is 2.43. The Hall–Kier alpha value is -1.55. The first-order chi connectivity index (χ1) is 9.06. The Balaban J connectivity index is 2.29. The van der Waals surface area contributed by atoms with Gasteiger partial charge in [-0.2, -0.15) is 0 Å². The van der Waals surface area contributed by atoms with Crippen molar-refractivity contribution in [3.63, 3.8) is 0 Å². The third-order valence-corrected chi connectivity index (χ3v) is 3.51. The SMILES string of the molecule is CCOC(=O)C1OC1(C)c1cc(CC)ccc1OC. The smallest absolute Gasteiger partial charge is 0.338 e. The molecule has 1 saturated heterocycles. The van der Waals surface area contributed by atoms with Gasteiger partial charge in [0.2, 0.25) is 0 Å². The highest BCUT2D eigenvalue weighted by atomic mass is 16.7. The molecule has 1 heterocycles. The van der Waals surface area contributed by atoms with Crippen molar-refractivity contribution in [1.82, 2.24) is 0 Å². The molecule has 1 aromatic rings. The third kappa shape index (κ3) is 2.45. The van der Waals surface area contributed by atoms with Crippen LogP contribution in [-0.4, -0.2) is 25.8 Å². The van der Waals surface area contributed by atoms with Crippen LogP contribution >= 0.6 is 0 Å². The quantitative estimate of drug-likeness (QED) is 0.605. The second-order valence-electron chi connectivity index (χ2n) is 4.75. The number of esters is 1. The van der Waals surface area contributed by atoms with Crippen LogP contribution in [0.4, 0.5) is 0 Å². The standard InChI is InChI=1S/C15H20O4/c1-5-10-7-8-12(17-4)11(9-10)15(3)13(19-15)14(16)18-6-2/h7-9,13H,5-6H2,1-4H3. The van der Waals surface area contributed by atoms with E-state index in [1.807, 2.05) is 25.1 Å². The lowest BCUT2D eigenvalue weighted by Gasteiger charge is -2.13. The number of hydrogen-bond donors (Lipinski definition) is 0. The van der Waals surface area contributed by atoms with Crippen LogP contribution in [0.1, 0.15) is 31.9 Å². The van der Waals surface area contributed by atoms with Crippen LogP contribution in [0.3, 0.4) is 0 Å². The molecule has 0 saturated carbocycles. The number of rotatable bonds is 5. The molecular formula is C15H20O4. The van der Waals surface area contributed by atoms with Crippen molar-refractivity contribution in [2.45, 2.75) is 38.9 Å². The molecule has 2 atom stereocenters. The molecular weight excluding hydrogens is 244 g/mol. The van der Waals surface area contributed by atoms with Gasteiger partial charge >= 0.3 is 5.97 Å². The molecule has 0 aromatic heterocycles. The Morgan fingerprint density at radius 3 is 2.74 bits per heavy atom. The van der Waals surface area contributed by atoms with Crippen molar-refractivity contribution in [3.8, 4) is 5.75 Å². The highest BCUT2D eigenvalue weighted by Crippen LogP contribution is 2.50. The van der Waals surface area contributed by atoms with Gasteiger partial charge in [0.05, 0.1) is 13.7 Å². The van der Waals surface area contributed by atoms with Crippen molar-refractivity contribution in [2.75, 3.05) is 13.7 Å². The second-order valence-corrected chi connectivity index (χ2v) is 4.75. The summed E-state index contributed by atoms with van der Waals surface area (Å²) < 4.78 is 16.0. The summed E-state index contributed by atoms with van der Waals surface area (Å²) >= 11 is 0. The van der Waals surface area contributed by atoms with Gasteiger partial charge in [0.15, 0.2) is 6.10 Å². The van der Waals surface area contributed by atoms with E-state index in [1.165, 1.54) is 5.56 Å². The lowest BCUT2D eigenvalue weighted by Crippen LogP contribution is -2.19. The normalized spacial score (nSPS) is 24.9. The average molecular weight is 264 g/mol. The highest BCUT2D eigenvalue weighted by molar-refractivity contribution is 5.80. The van der Waals surface area contributed by atoms with Crippen LogP contribution in [0.25, 0.3) is 0 Å². The van der Waals surface area contributed by atoms with Crippen molar-refractivity contribution in [2.24, 2.45) is 0 Å². The number of hydrogen-bond acceptors (Lipinski definition) is 4. The monoisotopic (exact) mass is 264 g/mol. The molecule has 2 unspecified atom stereocenters. The van der Waals surface area contributed by atoms with Crippen LogP contribution in [0.15, 0.2) is 18.2 Å². The Morgan fingerprint density at radius 2 is 2.16 bits per heavy atom. The molecule has 0 radical (unpaired) electrons. The summed E-state index contributed by atoms with van der Waals surface area (Å²) in [5.74, 6) is 0.431. The second kappa shape index (κ2) is 5.21. The number of carbonyl (C=O) groups is 1. The fourth-order valence-electron chi connectivity index (χ4n) is 2.27. The summed E-state index contributed by atoms with van der Waals surface area (Å²) in [5, 5.41) is 0. The zero-order chi connectivity index (χ0) is 14.0. The fourth-order valence-corrected chi connectivity index (χ4v) is 2.27. The topological polar surface area (TPSA) is 48.1 Å². The van der Waals surface area contributed by atoms with Crippen LogP contribution in [0, 0.1) is 0 Å². The fraction of sp³-hybridized carbons (Fsp3) is 0.533. The van der Waals surface area contributed by atoms with Crippen LogP contribution in [0.5, 0.6) is 5.75 Å². The molecule has 19 heavy (non-hydrogen) atoms. The van der Waals surface area contributed by atoms with Gasteiger partial charge in [-0.05, 0) is 38.0 Å². The van der Waals surface area contributed by atoms with E-state index in [-0.39, 0.29) is 5.97 Å². The van der Waals surface area contributed by atoms with E-state index in [1.54, 1.807) is 14.0 Å². The third-order valence-electron chi connectivity index (χ3n) is 3.51. The van der Waals surface area contributed by atoms with E-state index in [2.05, 4.69) is 6.92 Å². The zero-order valence-electron chi connectivity index (χ0n) is 11.9. The number of benzene rings is 1. The minimum absolute atomic E-state index is 0.311. The molecule has 1 fully saturated rings. The molecule has 0 aliphatic carbocycles. The molecule has 2 rings (SSSR count). The van der Waals surface area contributed by atoms with E-state index in [4.69, 9.17) is 14.2 Å². The van der Waals surface area contributed by atoms with Crippen molar-refractivity contribution in [3.05, 3.63) is 29.3 Å². The van der Waals surface area contributed by atoms with Gasteiger partial charge in [-0.25, -0.2) is 4.79 Å². The molecule has 104 valence electrons. The molecule has 4 heteroatoms. The molecule has 0 spiro atoms. The average Bonchev–Trinajstić information content (AvgIpc) is 3.12. The summed E-state index contributed by atoms with van der Waals surface area (Å²) in [6.45, 7) is 6.13. The van der Waals surface area contributed by atoms with E-state index in [9.17, 15) is 4.79 Å². The van der Waals surface area contributed by atoms with Crippen molar-refractivity contribution in [1.29, 1.82) is 0 Å². The Morgan fingerprint density at radius 1 is 1.42 bits per heavy atom. The molecule has 1 aliphatic rings. The summed E-state index contributed by atoms with van der Waals surface area (Å²) in [6.07, 6.45) is 0.394. The summed E-state index contributed by atoms with van der Waals surface area (Å²) in [6, 6.07) is 5.98. The predicted molar refractivity (Wildman–Crippen MR) is 71.2 cm³/mol. The zero-order valence-corrected chi connectivity index (χ0v) is 11.9. The first-order valence-corrected chi connectivity index (χ1v) is 6.58. The maximum absolute atomic E-state index is 11.8. The number of aryl methyl sites for hydroxylation is 1. The molecule has 1 aliphatic heterocycles. The van der Waals surface area contributed by atoms with Crippen LogP contribution < -0.4 is 4.74 Å².